The molecule has 0 aliphatic carbocycles. The van der Waals surface area contributed by atoms with Gasteiger partial charge in [0, 0.05) is 29.8 Å². The van der Waals surface area contributed by atoms with Crippen LogP contribution in [0.3, 0.4) is 0 Å². The van der Waals surface area contributed by atoms with Crippen LogP contribution in [0.25, 0.3) is 0 Å². The smallest absolute Gasteiger partial charge is 0.282 e. The summed E-state index contributed by atoms with van der Waals surface area (Å²) in [7, 11) is -9.37. The van der Waals surface area contributed by atoms with Crippen LogP contribution in [0.15, 0.2) is 116 Å². The lowest BCUT2D eigenvalue weighted by Crippen LogP contribution is -2.45. The van der Waals surface area contributed by atoms with E-state index in [0.29, 0.717) is 5.56 Å². The lowest BCUT2D eigenvalue weighted by atomic mass is 10.2. The van der Waals surface area contributed by atoms with Crippen LogP contribution in [0.5, 0.6) is 0 Å². The van der Waals surface area contributed by atoms with Gasteiger partial charge in [-0.1, -0.05) is 0 Å². The lowest BCUT2D eigenvalue weighted by molar-refractivity contribution is -0.385. The third kappa shape index (κ3) is 6.73. The minimum Gasteiger partial charge on any atom is -0.282 e. The molecule has 1 aliphatic rings. The number of nitrogens with zero attached hydrogens (tertiary/aromatic N) is 7. The van der Waals surface area contributed by atoms with Crippen molar-refractivity contribution in [2.45, 2.75) is 9.79 Å². The molecule has 4 aromatic rings. The molecule has 0 aromatic heterocycles. The maximum absolute atomic E-state index is 12.5. The predicted molar refractivity (Wildman–Crippen MR) is 158 cm³/mol. The minimum absolute atomic E-state index is 0.0391. The van der Waals surface area contributed by atoms with Crippen molar-refractivity contribution in [3.63, 3.8) is 0 Å². The van der Waals surface area contributed by atoms with Crippen molar-refractivity contribution < 1.29 is 35.8 Å². The number of hydrazine groups is 2. The molecule has 20 heteroatoms. The Morgan fingerprint density at radius 1 is 0.711 bits per heavy atom. The summed E-state index contributed by atoms with van der Waals surface area (Å²) in [4.78, 5) is 20.0. The number of benzene rings is 4. The van der Waals surface area contributed by atoms with Crippen molar-refractivity contribution in [2.24, 2.45) is 15.3 Å². The molecule has 0 radical (unpaired) electrons. The van der Waals surface area contributed by atoms with E-state index in [9.17, 15) is 41.6 Å². The van der Waals surface area contributed by atoms with E-state index < -0.39 is 35.0 Å². The van der Waals surface area contributed by atoms with Crippen LogP contribution in [0.2, 0.25) is 0 Å². The number of hydrogen-bond donors (Lipinski definition) is 3. The van der Waals surface area contributed by atoms with Gasteiger partial charge in [0.15, 0.2) is 5.84 Å². The average Bonchev–Trinajstić information content (AvgIpc) is 3.45. The highest BCUT2D eigenvalue weighted by Gasteiger charge is 2.31. The minimum atomic E-state index is -4.94. The first kappa shape index (κ1) is 30.6. The number of anilines is 2. The Balaban J connectivity index is 1.54. The molecule has 0 spiro atoms. The Morgan fingerprint density at radius 2 is 1.24 bits per heavy atom. The molecule has 3 N–H and O–H groups in total. The van der Waals surface area contributed by atoms with E-state index in [1.54, 1.807) is 0 Å². The maximum atomic E-state index is 12.5. The molecule has 45 heavy (non-hydrogen) atoms. The second-order valence-electron chi connectivity index (χ2n) is 9.04. The standard InChI is InChI=1S/C25H18N8O10S2/c34-32(35)20-6-1-16(2-7-20)25-28-30(19-8-10-21(11-9-19)33(36)37)31(29-25)23-14-5-18(15-24(23)45(41,42)43)27-26-17-3-12-22(13-4-17)44(38,39)40/h1-15H,(H,28,29)(H,38,39,40)(H,41,42,43). The van der Waals surface area contributed by atoms with E-state index in [2.05, 4.69) is 20.8 Å². The summed E-state index contributed by atoms with van der Waals surface area (Å²) in [5.74, 6) is 0.0987. The van der Waals surface area contributed by atoms with Gasteiger partial charge in [-0.15, -0.1) is 5.10 Å². The van der Waals surface area contributed by atoms with Crippen LogP contribution in [0, 0.1) is 20.2 Å². The largest absolute Gasteiger partial charge is 0.296 e. The van der Waals surface area contributed by atoms with Gasteiger partial charge in [-0.2, -0.15) is 37.3 Å². The van der Waals surface area contributed by atoms with E-state index >= 15 is 0 Å². The van der Waals surface area contributed by atoms with E-state index in [1.165, 1.54) is 72.8 Å². The fourth-order valence-electron chi connectivity index (χ4n) is 3.96. The number of hydrazone groups is 1. The van der Waals surface area contributed by atoms with E-state index in [0.717, 1.165) is 28.4 Å². The van der Waals surface area contributed by atoms with Crippen molar-refractivity contribution >= 4 is 60.2 Å². The SMILES string of the molecule is O=[N+]([O-])c1ccc(C2=NN(c3ccc([N+](=O)[O-])cc3)N(c3ccc(N=Nc4ccc(S(=O)(=O)O)cc4)cc3S(=O)(=O)O)N2)cc1. The molecule has 0 amide bonds. The second kappa shape index (κ2) is 11.7. The number of azo groups is 1. The van der Waals surface area contributed by atoms with Crippen LogP contribution < -0.4 is 15.7 Å². The number of nitrogens with one attached hydrogen (secondary N) is 1. The predicted octanol–water partition coefficient (Wildman–Crippen LogP) is 4.52. The molecule has 0 saturated heterocycles. The Hall–Kier alpha value is -5.83. The summed E-state index contributed by atoms with van der Waals surface area (Å²) in [5, 5.41) is 36.8. The molecular weight excluding hydrogens is 636 g/mol. The quantitative estimate of drug-likeness (QED) is 0.0972. The summed E-state index contributed by atoms with van der Waals surface area (Å²) in [6.45, 7) is 0. The molecule has 0 saturated carbocycles. The third-order valence-corrected chi connectivity index (χ3v) is 7.85. The van der Waals surface area contributed by atoms with Gasteiger partial charge < -0.3 is 0 Å². The van der Waals surface area contributed by atoms with Crippen molar-refractivity contribution in [3.8, 4) is 0 Å². The summed E-state index contributed by atoms with van der Waals surface area (Å²) in [5.41, 5.74) is 2.99. The van der Waals surface area contributed by atoms with Gasteiger partial charge in [0.25, 0.3) is 31.6 Å². The molecule has 0 atom stereocenters. The lowest BCUT2D eigenvalue weighted by Gasteiger charge is -2.29. The van der Waals surface area contributed by atoms with E-state index in [4.69, 9.17) is 4.55 Å². The number of non-ortho nitro benzene ring substituents is 2. The number of amidine groups is 1. The van der Waals surface area contributed by atoms with Gasteiger partial charge in [0.05, 0.1) is 31.8 Å². The highest BCUT2D eigenvalue weighted by atomic mass is 32.2. The molecule has 0 bridgehead atoms. The van der Waals surface area contributed by atoms with Crippen molar-refractivity contribution in [3.05, 3.63) is 117 Å². The van der Waals surface area contributed by atoms with Gasteiger partial charge >= 0.3 is 0 Å². The first-order valence-electron chi connectivity index (χ1n) is 12.3. The number of hydrogen-bond acceptors (Lipinski definition) is 14. The van der Waals surface area contributed by atoms with Crippen LogP contribution in [0.1, 0.15) is 5.56 Å². The molecular formula is C25H18N8O10S2. The first-order chi connectivity index (χ1) is 21.2. The van der Waals surface area contributed by atoms with Gasteiger partial charge in [-0.3, -0.25) is 34.8 Å². The Morgan fingerprint density at radius 3 is 1.78 bits per heavy atom. The second-order valence-corrected chi connectivity index (χ2v) is 11.8. The van der Waals surface area contributed by atoms with Crippen LogP contribution in [-0.2, 0) is 20.2 Å². The zero-order chi connectivity index (χ0) is 32.5. The van der Waals surface area contributed by atoms with Gasteiger partial charge in [0.2, 0.25) is 0 Å². The van der Waals surface area contributed by atoms with Crippen molar-refractivity contribution in [1.82, 2.24) is 5.43 Å². The normalized spacial score (nSPS) is 13.5. The van der Waals surface area contributed by atoms with Crippen molar-refractivity contribution in [2.75, 3.05) is 10.2 Å². The fraction of sp³-hybridized carbons (Fsp3) is 0. The van der Waals surface area contributed by atoms with Crippen LogP contribution in [-0.4, -0.2) is 41.6 Å². The topological polar surface area (TPSA) is 251 Å². The number of nitro groups is 2. The maximum Gasteiger partial charge on any atom is 0.296 e. The molecule has 4 aromatic carbocycles. The number of nitro benzene ring substituents is 2. The highest BCUT2D eigenvalue weighted by molar-refractivity contribution is 7.86. The first-order valence-corrected chi connectivity index (χ1v) is 15.1. The molecule has 5 rings (SSSR count). The Kier molecular flexibility index (Phi) is 7.95. The van der Waals surface area contributed by atoms with Gasteiger partial charge in [-0.05, 0) is 66.7 Å². The van der Waals surface area contributed by atoms with Crippen LogP contribution in [0.4, 0.5) is 34.1 Å². The third-order valence-electron chi connectivity index (χ3n) is 6.10. The summed E-state index contributed by atoms with van der Waals surface area (Å²) >= 11 is 0. The molecule has 1 heterocycles. The summed E-state index contributed by atoms with van der Waals surface area (Å²) in [6, 6.07) is 18.6. The van der Waals surface area contributed by atoms with E-state index in [1.807, 2.05) is 0 Å². The van der Waals surface area contributed by atoms with Gasteiger partial charge in [0.1, 0.15) is 10.6 Å². The zero-order valence-electron chi connectivity index (χ0n) is 22.3. The Bertz CT molecular complexity index is 2090. The van der Waals surface area contributed by atoms with Crippen LogP contribution >= 0.6 is 0 Å². The molecule has 0 fully saturated rings. The van der Waals surface area contributed by atoms with Gasteiger partial charge in [-0.25, -0.2) is 0 Å². The Labute approximate surface area is 253 Å². The van der Waals surface area contributed by atoms with E-state index in [-0.39, 0.29) is 44.9 Å². The fourth-order valence-corrected chi connectivity index (χ4v) is 5.13. The molecule has 230 valence electrons. The highest BCUT2D eigenvalue weighted by Crippen LogP contribution is 2.34. The zero-order valence-corrected chi connectivity index (χ0v) is 23.9. The summed E-state index contributed by atoms with van der Waals surface area (Å²) < 4.78 is 66.8. The molecule has 18 nitrogen and oxygen atoms in total. The molecule has 0 unspecified atom stereocenters. The molecule has 1 aliphatic heterocycles. The monoisotopic (exact) mass is 654 g/mol. The average molecular weight is 655 g/mol. The van der Waals surface area contributed by atoms with Crippen molar-refractivity contribution in [1.29, 1.82) is 0 Å². The summed E-state index contributed by atoms with van der Waals surface area (Å²) in [6.07, 6.45) is 0. The number of rotatable bonds is 9.